The summed E-state index contributed by atoms with van der Waals surface area (Å²) in [6.45, 7) is 1.73. The van der Waals surface area contributed by atoms with Crippen LogP contribution in [0.25, 0.3) is 22.0 Å². The molecule has 0 aliphatic heterocycles. The Hall–Kier alpha value is -6.53. The molecule has 0 saturated carbocycles. The fraction of sp³-hybridized carbons (Fsp3) is 0.143. The maximum absolute atomic E-state index is 14.1. The summed E-state index contributed by atoms with van der Waals surface area (Å²) in [5.74, 6) is -0.868. The number of ether oxygens (including phenoxy) is 2. The van der Waals surface area contributed by atoms with Crippen molar-refractivity contribution in [3.8, 4) is 16.9 Å². The molecule has 0 radical (unpaired) electrons. The molecule has 1 heterocycles. The van der Waals surface area contributed by atoms with Crippen molar-refractivity contribution in [1.82, 2.24) is 4.98 Å². The molecule has 12 heteroatoms. The Labute approximate surface area is 313 Å². The second kappa shape index (κ2) is 16.0. The molecule has 6 aromatic rings. The van der Waals surface area contributed by atoms with Crippen LogP contribution in [-0.4, -0.2) is 45.4 Å². The number of hydrogen-bond acceptors (Lipinski definition) is 9. The number of benzene rings is 5. The van der Waals surface area contributed by atoms with E-state index in [2.05, 4.69) is 15.6 Å². The first-order valence-corrected chi connectivity index (χ1v) is 18.5. The largest absolute Gasteiger partial charge is 0.497 e. The Bertz CT molecular complexity index is 2480. The predicted molar refractivity (Wildman–Crippen MR) is 208 cm³/mol. The fourth-order valence-electron chi connectivity index (χ4n) is 6.06. The molecule has 0 bridgehead atoms. The zero-order valence-electron chi connectivity index (χ0n) is 29.9. The number of esters is 1. The van der Waals surface area contributed by atoms with E-state index in [9.17, 15) is 22.8 Å². The van der Waals surface area contributed by atoms with E-state index in [1.54, 1.807) is 49.4 Å². The van der Waals surface area contributed by atoms with Gasteiger partial charge in [-0.1, -0.05) is 48.5 Å². The van der Waals surface area contributed by atoms with Crippen LogP contribution in [0, 0.1) is 6.92 Å². The molecule has 6 rings (SSSR count). The van der Waals surface area contributed by atoms with Gasteiger partial charge in [-0.2, -0.15) is 0 Å². The van der Waals surface area contributed by atoms with Crippen LogP contribution in [0.4, 0.5) is 17.1 Å². The number of carbonyl (C=O) groups excluding carboxylic acids is 3. The molecule has 54 heavy (non-hydrogen) atoms. The van der Waals surface area contributed by atoms with E-state index in [1.807, 2.05) is 36.4 Å². The Morgan fingerprint density at radius 1 is 0.796 bits per heavy atom. The highest BCUT2D eigenvalue weighted by Gasteiger charge is 2.23. The highest BCUT2D eigenvalue weighted by Crippen LogP contribution is 2.35. The van der Waals surface area contributed by atoms with E-state index in [1.165, 1.54) is 50.7 Å². The quantitative estimate of drug-likeness (QED) is 0.101. The van der Waals surface area contributed by atoms with Crippen LogP contribution in [0.1, 0.15) is 44.7 Å². The number of nitrogens with zero attached hydrogens (tertiary/aromatic N) is 1. The number of amides is 2. The first-order chi connectivity index (χ1) is 26.0. The number of aryl methyl sites for hydroxylation is 2. The van der Waals surface area contributed by atoms with Crippen LogP contribution in [0.2, 0.25) is 0 Å². The van der Waals surface area contributed by atoms with E-state index < -0.39 is 21.7 Å². The number of pyridine rings is 1. The molecule has 2 amide bonds. The molecule has 0 atom stereocenters. The summed E-state index contributed by atoms with van der Waals surface area (Å²) in [5.41, 5.74) is 11.5. The first-order valence-electron chi connectivity index (χ1n) is 17.0. The monoisotopic (exact) mass is 742 g/mol. The van der Waals surface area contributed by atoms with E-state index in [0.29, 0.717) is 52.1 Å². The van der Waals surface area contributed by atoms with Crippen LogP contribution in [-0.2, 0) is 25.8 Å². The number of aromatic nitrogens is 1. The number of sulfone groups is 1. The summed E-state index contributed by atoms with van der Waals surface area (Å²) in [5, 5.41) is 6.43. The number of carbonyl (C=O) groups is 3. The molecule has 0 aliphatic carbocycles. The lowest BCUT2D eigenvalue weighted by Crippen LogP contribution is -2.15. The van der Waals surface area contributed by atoms with E-state index in [-0.39, 0.29) is 26.9 Å². The maximum atomic E-state index is 14.1. The molecule has 0 aliphatic rings. The van der Waals surface area contributed by atoms with Gasteiger partial charge in [0.25, 0.3) is 11.8 Å². The van der Waals surface area contributed by atoms with Crippen LogP contribution in [0.5, 0.6) is 5.75 Å². The van der Waals surface area contributed by atoms with Crippen molar-refractivity contribution in [2.75, 3.05) is 24.9 Å². The second-order valence-corrected chi connectivity index (χ2v) is 14.5. The minimum absolute atomic E-state index is 0.0491. The van der Waals surface area contributed by atoms with Gasteiger partial charge in [0.15, 0.2) is 0 Å². The minimum atomic E-state index is -4.16. The van der Waals surface area contributed by atoms with Gasteiger partial charge in [-0.05, 0) is 96.6 Å². The van der Waals surface area contributed by atoms with Gasteiger partial charge in [-0.15, -0.1) is 0 Å². The van der Waals surface area contributed by atoms with E-state index in [0.717, 1.165) is 23.1 Å². The summed E-state index contributed by atoms with van der Waals surface area (Å²) in [6, 6.07) is 31.2. The lowest BCUT2D eigenvalue weighted by Gasteiger charge is -2.16. The Morgan fingerprint density at radius 2 is 1.50 bits per heavy atom. The normalized spacial score (nSPS) is 11.2. The lowest BCUT2D eigenvalue weighted by molar-refractivity contribution is -0.140. The molecule has 4 N–H and O–H groups in total. The standard InChI is InChI=1S/C42H38N4O7S/c1-26-21-35(24-36-39(26)44-25-37(41(43)48)40(36)45-32-9-6-10-33(23-32)52-2)54(50,51)34-11-5-8-30(22-34)42(49)46-31-19-17-29(18-20-31)28-15-13-27(14-16-28)7-4-12-38(47)53-3/h5-6,8-11,13-25H,4,7,12H2,1-3H3,(H2,43,48)(H,44,45)(H,46,49). The molecule has 274 valence electrons. The SMILES string of the molecule is COC(=O)CCCc1ccc(-c2ccc(NC(=O)c3cccc(S(=O)(=O)c4cc(C)c5ncc(C(N)=O)c(Nc6cccc(OC)c6)c5c4)c3)cc2)cc1. The highest BCUT2D eigenvalue weighted by atomic mass is 32.2. The molecule has 0 saturated heterocycles. The molecule has 5 aromatic carbocycles. The summed E-state index contributed by atoms with van der Waals surface area (Å²) in [7, 11) is -1.24. The van der Waals surface area contributed by atoms with E-state index >= 15 is 0 Å². The average molecular weight is 743 g/mol. The molecular weight excluding hydrogens is 705 g/mol. The number of rotatable bonds is 13. The molecule has 0 spiro atoms. The third-order valence-corrected chi connectivity index (χ3v) is 10.7. The molecule has 0 unspecified atom stereocenters. The highest BCUT2D eigenvalue weighted by molar-refractivity contribution is 7.91. The van der Waals surface area contributed by atoms with E-state index in [4.69, 9.17) is 15.2 Å². The summed E-state index contributed by atoms with van der Waals surface area (Å²) in [4.78, 5) is 41.5. The summed E-state index contributed by atoms with van der Waals surface area (Å²) in [6.07, 6.45) is 3.21. The van der Waals surface area contributed by atoms with Crippen LogP contribution in [0.3, 0.4) is 0 Å². The number of primary amides is 1. The van der Waals surface area contributed by atoms with Gasteiger partial charge in [0.05, 0.1) is 40.8 Å². The second-order valence-electron chi connectivity index (χ2n) is 12.6. The minimum Gasteiger partial charge on any atom is -0.497 e. The van der Waals surface area contributed by atoms with Gasteiger partial charge in [0, 0.05) is 41.0 Å². The van der Waals surface area contributed by atoms with Gasteiger partial charge in [-0.3, -0.25) is 19.4 Å². The van der Waals surface area contributed by atoms with Crippen LogP contribution < -0.4 is 21.1 Å². The number of fused-ring (bicyclic) bond motifs is 1. The maximum Gasteiger partial charge on any atom is 0.305 e. The number of methoxy groups -OCH3 is 2. The predicted octanol–water partition coefficient (Wildman–Crippen LogP) is 7.64. The zero-order valence-corrected chi connectivity index (χ0v) is 30.7. The summed E-state index contributed by atoms with van der Waals surface area (Å²) < 4.78 is 38.3. The van der Waals surface area contributed by atoms with Crippen molar-refractivity contribution < 1.29 is 32.3 Å². The smallest absolute Gasteiger partial charge is 0.305 e. The van der Waals surface area contributed by atoms with Gasteiger partial charge in [0.1, 0.15) is 5.75 Å². The van der Waals surface area contributed by atoms with Crippen LogP contribution in [0.15, 0.2) is 125 Å². The molecule has 0 fully saturated rings. The van der Waals surface area contributed by atoms with Gasteiger partial charge in [0.2, 0.25) is 9.84 Å². The Kier molecular flexibility index (Phi) is 11.0. The number of nitrogens with two attached hydrogens (primary N) is 1. The first kappa shape index (κ1) is 37.2. The topological polar surface area (TPSA) is 167 Å². The molecule has 1 aromatic heterocycles. The number of hydrogen-bond donors (Lipinski definition) is 3. The van der Waals surface area contributed by atoms with Gasteiger partial charge < -0.3 is 25.8 Å². The number of anilines is 3. The van der Waals surface area contributed by atoms with Crippen molar-refractivity contribution in [1.29, 1.82) is 0 Å². The summed E-state index contributed by atoms with van der Waals surface area (Å²) >= 11 is 0. The third kappa shape index (κ3) is 8.24. The van der Waals surface area contributed by atoms with Crippen molar-refractivity contribution in [3.63, 3.8) is 0 Å². The van der Waals surface area contributed by atoms with Gasteiger partial charge in [-0.25, -0.2) is 8.42 Å². The molecule has 11 nitrogen and oxygen atoms in total. The third-order valence-electron chi connectivity index (χ3n) is 8.96. The van der Waals surface area contributed by atoms with Crippen molar-refractivity contribution in [2.24, 2.45) is 5.73 Å². The number of nitrogens with one attached hydrogen (secondary N) is 2. The van der Waals surface area contributed by atoms with Crippen LogP contribution >= 0.6 is 0 Å². The zero-order chi connectivity index (χ0) is 38.4. The van der Waals surface area contributed by atoms with Crippen molar-refractivity contribution in [2.45, 2.75) is 36.0 Å². The average Bonchev–Trinajstić information content (AvgIpc) is 3.18. The Balaban J connectivity index is 1.22. The lowest BCUT2D eigenvalue weighted by atomic mass is 10.0. The molecular formula is C42H38N4O7S. The Morgan fingerprint density at radius 3 is 2.19 bits per heavy atom. The van der Waals surface area contributed by atoms with Crippen molar-refractivity contribution in [3.05, 3.63) is 138 Å². The van der Waals surface area contributed by atoms with Crippen molar-refractivity contribution >= 4 is 55.6 Å². The van der Waals surface area contributed by atoms with Gasteiger partial charge >= 0.3 is 5.97 Å². The fourth-order valence-corrected chi connectivity index (χ4v) is 7.48.